The largest absolute Gasteiger partial charge is 0.497 e. The second-order valence-corrected chi connectivity index (χ2v) is 10.8. The quantitative estimate of drug-likeness (QED) is 0.327. The standard InChI is InChI=1S/C31H34ClN3O4/c1-20-25(19-28(36)33-17-7-16-31(2,3)34-29(37)21-8-5-6-9-21)26-18-24(39-4)14-15-27(26)35(20)30(38)22-10-12-23(32)13-11-22/h5-6,8,10-15,18H,7,9,16-17,19H2,1-4H3,(H,33,36)(H,34,37). The van der Waals surface area contributed by atoms with Crippen molar-refractivity contribution in [1.82, 2.24) is 15.2 Å². The van der Waals surface area contributed by atoms with E-state index in [-0.39, 0.29) is 24.1 Å². The van der Waals surface area contributed by atoms with Gasteiger partial charge in [0.05, 0.1) is 19.0 Å². The molecule has 1 heterocycles. The summed E-state index contributed by atoms with van der Waals surface area (Å²) >= 11 is 6.01. The van der Waals surface area contributed by atoms with E-state index in [4.69, 9.17) is 16.3 Å². The van der Waals surface area contributed by atoms with Crippen molar-refractivity contribution < 1.29 is 19.1 Å². The lowest BCUT2D eigenvalue weighted by molar-refractivity contribution is -0.121. The molecule has 0 bridgehead atoms. The van der Waals surface area contributed by atoms with Gasteiger partial charge in [-0.15, -0.1) is 0 Å². The Labute approximate surface area is 233 Å². The van der Waals surface area contributed by atoms with Gasteiger partial charge in [0.25, 0.3) is 5.91 Å². The summed E-state index contributed by atoms with van der Waals surface area (Å²) in [5.74, 6) is 0.264. The van der Waals surface area contributed by atoms with Crippen molar-refractivity contribution in [2.45, 2.75) is 52.0 Å². The molecule has 0 aliphatic heterocycles. The van der Waals surface area contributed by atoms with Gasteiger partial charge in [0.2, 0.25) is 11.8 Å². The van der Waals surface area contributed by atoms with Crippen LogP contribution in [0, 0.1) is 6.92 Å². The van der Waals surface area contributed by atoms with E-state index in [1.54, 1.807) is 42.0 Å². The van der Waals surface area contributed by atoms with Crippen molar-refractivity contribution in [3.63, 3.8) is 0 Å². The van der Waals surface area contributed by atoms with Crippen LogP contribution in [0.15, 0.2) is 66.3 Å². The Kier molecular flexibility index (Phi) is 8.60. The van der Waals surface area contributed by atoms with Crippen molar-refractivity contribution in [3.05, 3.63) is 88.1 Å². The number of ether oxygens (including phenoxy) is 1. The fourth-order valence-corrected chi connectivity index (χ4v) is 4.97. The van der Waals surface area contributed by atoms with Crippen LogP contribution in [-0.4, -0.2) is 41.5 Å². The molecule has 0 saturated carbocycles. The van der Waals surface area contributed by atoms with E-state index in [0.29, 0.717) is 53.4 Å². The van der Waals surface area contributed by atoms with Crippen LogP contribution < -0.4 is 15.4 Å². The van der Waals surface area contributed by atoms with Gasteiger partial charge in [-0.1, -0.05) is 29.8 Å². The van der Waals surface area contributed by atoms with Gasteiger partial charge >= 0.3 is 0 Å². The van der Waals surface area contributed by atoms with Gasteiger partial charge in [0.1, 0.15) is 5.75 Å². The summed E-state index contributed by atoms with van der Waals surface area (Å²) in [5.41, 5.74) is 3.05. The molecule has 2 amide bonds. The highest BCUT2D eigenvalue weighted by molar-refractivity contribution is 6.30. The number of allylic oxidation sites excluding steroid dienone is 3. The van der Waals surface area contributed by atoms with Gasteiger partial charge in [0.15, 0.2) is 0 Å². The molecule has 0 unspecified atom stereocenters. The summed E-state index contributed by atoms with van der Waals surface area (Å²) in [6.07, 6.45) is 7.89. The second kappa shape index (κ2) is 11.9. The number of hydrogen-bond donors (Lipinski definition) is 2. The molecule has 0 radical (unpaired) electrons. The van der Waals surface area contributed by atoms with Crippen molar-refractivity contribution in [2.75, 3.05) is 13.7 Å². The smallest absolute Gasteiger partial charge is 0.262 e. The molecule has 1 aliphatic rings. The summed E-state index contributed by atoms with van der Waals surface area (Å²) in [6, 6.07) is 12.3. The predicted octanol–water partition coefficient (Wildman–Crippen LogP) is 5.52. The van der Waals surface area contributed by atoms with Crippen LogP contribution in [0.5, 0.6) is 5.75 Å². The molecule has 0 spiro atoms. The SMILES string of the molecule is COc1ccc2c(c1)c(CC(=O)NCCCC(C)(C)NC(=O)C1=CC=CC1)c(C)n2C(=O)c1ccc(Cl)cc1. The van der Waals surface area contributed by atoms with E-state index >= 15 is 0 Å². The van der Waals surface area contributed by atoms with Crippen LogP contribution >= 0.6 is 11.6 Å². The minimum atomic E-state index is -0.395. The van der Waals surface area contributed by atoms with E-state index in [1.165, 1.54) is 0 Å². The van der Waals surface area contributed by atoms with E-state index in [2.05, 4.69) is 10.6 Å². The average molecular weight is 548 g/mol. The van der Waals surface area contributed by atoms with Crippen LogP contribution in [0.3, 0.4) is 0 Å². The molecule has 39 heavy (non-hydrogen) atoms. The summed E-state index contributed by atoms with van der Waals surface area (Å²) in [6.45, 7) is 6.30. The van der Waals surface area contributed by atoms with Gasteiger partial charge in [-0.25, -0.2) is 0 Å². The Morgan fingerprint density at radius 2 is 1.85 bits per heavy atom. The molecule has 7 nitrogen and oxygen atoms in total. The number of halogens is 1. The number of nitrogens with one attached hydrogen (secondary N) is 2. The Morgan fingerprint density at radius 3 is 2.51 bits per heavy atom. The zero-order valence-corrected chi connectivity index (χ0v) is 23.5. The maximum Gasteiger partial charge on any atom is 0.262 e. The van der Waals surface area contributed by atoms with E-state index < -0.39 is 5.54 Å². The molecule has 8 heteroatoms. The number of nitrogens with zero attached hydrogens (tertiary/aromatic N) is 1. The molecule has 4 rings (SSSR count). The van der Waals surface area contributed by atoms with Crippen molar-refractivity contribution in [2.24, 2.45) is 0 Å². The Hall–Kier alpha value is -3.84. The maximum atomic E-state index is 13.5. The summed E-state index contributed by atoms with van der Waals surface area (Å²) in [7, 11) is 1.59. The first-order valence-corrected chi connectivity index (χ1v) is 13.4. The molecule has 1 aliphatic carbocycles. The fourth-order valence-electron chi connectivity index (χ4n) is 4.84. The zero-order valence-electron chi connectivity index (χ0n) is 22.8. The fraction of sp³-hybridized carbons (Fsp3) is 0.323. The number of amides is 2. The zero-order chi connectivity index (χ0) is 28.2. The second-order valence-electron chi connectivity index (χ2n) is 10.4. The number of rotatable bonds is 10. The van der Waals surface area contributed by atoms with E-state index in [0.717, 1.165) is 16.5 Å². The monoisotopic (exact) mass is 547 g/mol. The van der Waals surface area contributed by atoms with Gasteiger partial charge < -0.3 is 15.4 Å². The number of methoxy groups -OCH3 is 1. The highest BCUT2D eigenvalue weighted by atomic mass is 35.5. The Balaban J connectivity index is 1.44. The molecule has 3 aromatic rings. The van der Waals surface area contributed by atoms with E-state index in [9.17, 15) is 14.4 Å². The predicted molar refractivity (Wildman–Crippen MR) is 154 cm³/mol. The first kappa shape index (κ1) is 28.2. The number of benzene rings is 2. The van der Waals surface area contributed by atoms with Gasteiger partial charge in [-0.05, 0) is 88.1 Å². The Bertz CT molecular complexity index is 1470. The molecule has 204 valence electrons. The van der Waals surface area contributed by atoms with Crippen LogP contribution in [-0.2, 0) is 16.0 Å². The highest BCUT2D eigenvalue weighted by Gasteiger charge is 2.24. The number of carbonyl (C=O) groups is 3. The summed E-state index contributed by atoms with van der Waals surface area (Å²) < 4.78 is 7.05. The van der Waals surface area contributed by atoms with Crippen LogP contribution in [0.4, 0.5) is 0 Å². The molecule has 2 aromatic carbocycles. The highest BCUT2D eigenvalue weighted by Crippen LogP contribution is 2.31. The summed E-state index contributed by atoms with van der Waals surface area (Å²) in [5, 5.41) is 7.42. The lowest BCUT2D eigenvalue weighted by atomic mass is 9.97. The van der Waals surface area contributed by atoms with Gasteiger partial charge in [-0.3, -0.25) is 19.0 Å². The summed E-state index contributed by atoms with van der Waals surface area (Å²) in [4.78, 5) is 38.9. The van der Waals surface area contributed by atoms with Gasteiger partial charge in [0, 0.05) is 39.3 Å². The first-order valence-electron chi connectivity index (χ1n) is 13.0. The average Bonchev–Trinajstić information content (AvgIpc) is 3.53. The minimum absolute atomic E-state index is 0.0514. The molecule has 2 N–H and O–H groups in total. The minimum Gasteiger partial charge on any atom is -0.497 e. The van der Waals surface area contributed by atoms with Gasteiger partial charge in [-0.2, -0.15) is 0 Å². The van der Waals surface area contributed by atoms with E-state index in [1.807, 2.05) is 51.1 Å². The molecular formula is C31H34ClN3O4. The maximum absolute atomic E-state index is 13.5. The molecule has 0 fully saturated rings. The number of aromatic nitrogens is 1. The van der Waals surface area contributed by atoms with Crippen molar-refractivity contribution >= 4 is 40.2 Å². The number of fused-ring (bicyclic) bond motifs is 1. The lowest BCUT2D eigenvalue weighted by Gasteiger charge is -2.26. The third-order valence-electron chi connectivity index (χ3n) is 6.99. The molecule has 0 atom stereocenters. The van der Waals surface area contributed by atoms with Crippen LogP contribution in [0.2, 0.25) is 5.02 Å². The Morgan fingerprint density at radius 1 is 1.10 bits per heavy atom. The molecule has 1 aromatic heterocycles. The molecule has 0 saturated heterocycles. The number of carbonyl (C=O) groups excluding carboxylic acids is 3. The first-order chi connectivity index (χ1) is 18.6. The normalized spacial score (nSPS) is 12.9. The third-order valence-corrected chi connectivity index (χ3v) is 7.24. The third kappa shape index (κ3) is 6.60. The number of hydrogen-bond acceptors (Lipinski definition) is 4. The molecular weight excluding hydrogens is 514 g/mol. The lowest BCUT2D eigenvalue weighted by Crippen LogP contribution is -2.44. The van der Waals surface area contributed by atoms with Crippen LogP contribution in [0.25, 0.3) is 10.9 Å². The van der Waals surface area contributed by atoms with Crippen molar-refractivity contribution in [1.29, 1.82) is 0 Å². The van der Waals surface area contributed by atoms with Crippen LogP contribution in [0.1, 0.15) is 54.7 Å². The van der Waals surface area contributed by atoms with Crippen molar-refractivity contribution in [3.8, 4) is 5.75 Å². The topological polar surface area (TPSA) is 89.4 Å².